The number of amides is 1. The standard InChI is InChI=1S/C18H26N4O2/c1-22-13-12-20-17(22)14-24-16-9-7-15(8-10-16)21-18(23)6-4-2-3-5-11-19/h7-10,12-13H,2-6,11,14,19H2,1H3,(H,21,23). The summed E-state index contributed by atoms with van der Waals surface area (Å²) in [4.78, 5) is 16.1. The van der Waals surface area contributed by atoms with Crippen LogP contribution in [0.5, 0.6) is 5.75 Å². The van der Waals surface area contributed by atoms with Gasteiger partial charge in [0.25, 0.3) is 0 Å². The molecule has 6 heteroatoms. The van der Waals surface area contributed by atoms with E-state index in [4.69, 9.17) is 10.5 Å². The summed E-state index contributed by atoms with van der Waals surface area (Å²) in [5.41, 5.74) is 6.23. The maximum absolute atomic E-state index is 11.9. The van der Waals surface area contributed by atoms with E-state index in [9.17, 15) is 4.79 Å². The Labute approximate surface area is 143 Å². The third-order valence-electron chi connectivity index (χ3n) is 3.78. The summed E-state index contributed by atoms with van der Waals surface area (Å²) in [6.45, 7) is 1.14. The molecule has 0 spiro atoms. The molecule has 0 bridgehead atoms. The van der Waals surface area contributed by atoms with Crippen LogP contribution in [0.3, 0.4) is 0 Å². The number of benzene rings is 1. The minimum atomic E-state index is 0.0458. The van der Waals surface area contributed by atoms with E-state index in [1.54, 1.807) is 6.20 Å². The largest absolute Gasteiger partial charge is 0.486 e. The molecular weight excluding hydrogens is 304 g/mol. The summed E-state index contributed by atoms with van der Waals surface area (Å²) in [6.07, 6.45) is 8.23. The van der Waals surface area contributed by atoms with Crippen molar-refractivity contribution in [1.82, 2.24) is 9.55 Å². The van der Waals surface area contributed by atoms with E-state index >= 15 is 0 Å². The minimum Gasteiger partial charge on any atom is -0.486 e. The molecule has 1 amide bonds. The number of rotatable bonds is 10. The molecule has 2 rings (SSSR count). The van der Waals surface area contributed by atoms with E-state index in [1.165, 1.54) is 0 Å². The average Bonchev–Trinajstić information content (AvgIpc) is 2.99. The van der Waals surface area contributed by atoms with Crippen molar-refractivity contribution in [2.45, 2.75) is 38.7 Å². The van der Waals surface area contributed by atoms with E-state index in [0.717, 1.165) is 49.5 Å². The number of aryl methyl sites for hydroxylation is 1. The average molecular weight is 330 g/mol. The van der Waals surface area contributed by atoms with Crippen molar-refractivity contribution in [2.75, 3.05) is 11.9 Å². The van der Waals surface area contributed by atoms with Gasteiger partial charge in [0, 0.05) is 31.5 Å². The molecule has 0 aliphatic rings. The highest BCUT2D eigenvalue weighted by molar-refractivity contribution is 5.90. The Kier molecular flexibility index (Phi) is 7.29. The summed E-state index contributed by atoms with van der Waals surface area (Å²) in [5.74, 6) is 1.66. The number of nitrogens with two attached hydrogens (primary N) is 1. The van der Waals surface area contributed by atoms with Crippen molar-refractivity contribution in [3.8, 4) is 5.75 Å². The van der Waals surface area contributed by atoms with Crippen LogP contribution in [0.1, 0.15) is 37.9 Å². The number of nitrogens with zero attached hydrogens (tertiary/aromatic N) is 2. The second-order valence-electron chi connectivity index (χ2n) is 5.77. The van der Waals surface area contributed by atoms with Gasteiger partial charge >= 0.3 is 0 Å². The Morgan fingerprint density at radius 3 is 2.62 bits per heavy atom. The van der Waals surface area contributed by atoms with Gasteiger partial charge in [-0.05, 0) is 43.7 Å². The fraction of sp³-hybridized carbons (Fsp3) is 0.444. The van der Waals surface area contributed by atoms with E-state index in [-0.39, 0.29) is 5.91 Å². The summed E-state index contributed by atoms with van der Waals surface area (Å²) < 4.78 is 7.61. The molecule has 0 saturated heterocycles. The van der Waals surface area contributed by atoms with Crippen molar-refractivity contribution in [3.05, 3.63) is 42.5 Å². The summed E-state index contributed by atoms with van der Waals surface area (Å²) in [6, 6.07) is 7.39. The van der Waals surface area contributed by atoms with Gasteiger partial charge in [0.2, 0.25) is 5.91 Å². The number of nitrogens with one attached hydrogen (secondary N) is 1. The number of hydrogen-bond donors (Lipinski definition) is 2. The molecule has 0 radical (unpaired) electrons. The van der Waals surface area contributed by atoms with Crippen LogP contribution in [0.15, 0.2) is 36.7 Å². The molecule has 6 nitrogen and oxygen atoms in total. The molecule has 0 unspecified atom stereocenters. The van der Waals surface area contributed by atoms with Crippen LogP contribution in [-0.2, 0) is 18.4 Å². The summed E-state index contributed by atoms with van der Waals surface area (Å²) in [5, 5.41) is 2.90. The third kappa shape index (κ3) is 6.04. The van der Waals surface area contributed by atoms with Crippen molar-refractivity contribution in [2.24, 2.45) is 12.8 Å². The van der Waals surface area contributed by atoms with Crippen LogP contribution in [0, 0.1) is 0 Å². The second kappa shape index (κ2) is 9.72. The zero-order valence-electron chi connectivity index (χ0n) is 14.2. The van der Waals surface area contributed by atoms with Crippen molar-refractivity contribution >= 4 is 11.6 Å². The maximum atomic E-state index is 11.9. The lowest BCUT2D eigenvalue weighted by Crippen LogP contribution is -2.11. The van der Waals surface area contributed by atoms with E-state index in [0.29, 0.717) is 13.0 Å². The number of anilines is 1. The van der Waals surface area contributed by atoms with Gasteiger partial charge in [0.1, 0.15) is 18.2 Å². The highest BCUT2D eigenvalue weighted by atomic mass is 16.5. The first-order valence-corrected chi connectivity index (χ1v) is 8.38. The van der Waals surface area contributed by atoms with Gasteiger partial charge in [-0.1, -0.05) is 12.8 Å². The normalized spacial score (nSPS) is 10.6. The van der Waals surface area contributed by atoms with E-state index in [1.807, 2.05) is 42.1 Å². The van der Waals surface area contributed by atoms with Gasteiger partial charge in [-0.25, -0.2) is 4.98 Å². The first-order valence-electron chi connectivity index (χ1n) is 8.38. The van der Waals surface area contributed by atoms with Gasteiger partial charge < -0.3 is 20.4 Å². The number of imidazole rings is 1. The molecule has 0 saturated carbocycles. The molecule has 1 heterocycles. The minimum absolute atomic E-state index is 0.0458. The predicted molar refractivity (Wildman–Crippen MR) is 94.8 cm³/mol. The molecule has 0 aliphatic heterocycles. The second-order valence-corrected chi connectivity index (χ2v) is 5.77. The fourth-order valence-electron chi connectivity index (χ4n) is 2.32. The molecule has 0 aliphatic carbocycles. The Bertz CT molecular complexity index is 622. The summed E-state index contributed by atoms with van der Waals surface area (Å²) in [7, 11) is 1.93. The fourth-order valence-corrected chi connectivity index (χ4v) is 2.32. The molecular formula is C18H26N4O2. The quantitative estimate of drug-likeness (QED) is 0.656. The zero-order chi connectivity index (χ0) is 17.2. The predicted octanol–water partition coefficient (Wildman–Crippen LogP) is 2.85. The molecule has 130 valence electrons. The number of aromatic nitrogens is 2. The topological polar surface area (TPSA) is 82.2 Å². The highest BCUT2D eigenvalue weighted by Gasteiger charge is 2.04. The molecule has 24 heavy (non-hydrogen) atoms. The third-order valence-corrected chi connectivity index (χ3v) is 3.78. The van der Waals surface area contributed by atoms with Gasteiger partial charge in [0.15, 0.2) is 0 Å². The van der Waals surface area contributed by atoms with Crippen LogP contribution >= 0.6 is 0 Å². The smallest absolute Gasteiger partial charge is 0.224 e. The van der Waals surface area contributed by atoms with Crippen LogP contribution in [-0.4, -0.2) is 22.0 Å². The lowest BCUT2D eigenvalue weighted by Gasteiger charge is -2.08. The Balaban J connectivity index is 1.71. The van der Waals surface area contributed by atoms with Gasteiger partial charge in [-0.15, -0.1) is 0 Å². The van der Waals surface area contributed by atoms with Crippen LogP contribution in [0.4, 0.5) is 5.69 Å². The van der Waals surface area contributed by atoms with E-state index in [2.05, 4.69) is 10.3 Å². The van der Waals surface area contributed by atoms with Gasteiger partial charge in [-0.3, -0.25) is 4.79 Å². The van der Waals surface area contributed by atoms with Crippen LogP contribution in [0.2, 0.25) is 0 Å². The molecule has 0 atom stereocenters. The molecule has 1 aromatic heterocycles. The highest BCUT2D eigenvalue weighted by Crippen LogP contribution is 2.17. The number of ether oxygens (including phenoxy) is 1. The van der Waals surface area contributed by atoms with Crippen molar-refractivity contribution in [3.63, 3.8) is 0 Å². The SMILES string of the molecule is Cn1ccnc1COc1ccc(NC(=O)CCCCCCN)cc1. The molecule has 3 N–H and O–H groups in total. The van der Waals surface area contributed by atoms with Gasteiger partial charge in [0.05, 0.1) is 0 Å². The van der Waals surface area contributed by atoms with Crippen LogP contribution in [0.25, 0.3) is 0 Å². The Morgan fingerprint density at radius 2 is 1.96 bits per heavy atom. The van der Waals surface area contributed by atoms with Gasteiger partial charge in [-0.2, -0.15) is 0 Å². The van der Waals surface area contributed by atoms with Crippen molar-refractivity contribution in [1.29, 1.82) is 0 Å². The monoisotopic (exact) mass is 330 g/mol. The molecule has 0 fully saturated rings. The number of carbonyl (C=O) groups is 1. The van der Waals surface area contributed by atoms with E-state index < -0.39 is 0 Å². The lowest BCUT2D eigenvalue weighted by molar-refractivity contribution is -0.116. The zero-order valence-corrected chi connectivity index (χ0v) is 14.2. The first-order chi connectivity index (χ1) is 11.7. The maximum Gasteiger partial charge on any atom is 0.224 e. The Hall–Kier alpha value is -2.34. The number of hydrogen-bond acceptors (Lipinski definition) is 4. The number of unbranched alkanes of at least 4 members (excludes halogenated alkanes) is 3. The van der Waals surface area contributed by atoms with Crippen molar-refractivity contribution < 1.29 is 9.53 Å². The lowest BCUT2D eigenvalue weighted by atomic mass is 10.1. The first kappa shape index (κ1) is 18.0. The molecule has 1 aromatic carbocycles. The summed E-state index contributed by atoms with van der Waals surface area (Å²) >= 11 is 0. The number of carbonyl (C=O) groups excluding carboxylic acids is 1. The van der Waals surface area contributed by atoms with Crippen LogP contribution < -0.4 is 15.8 Å². The Morgan fingerprint density at radius 1 is 1.21 bits per heavy atom. The molecule has 2 aromatic rings.